The molecule has 1 heterocycles. The lowest BCUT2D eigenvalue weighted by atomic mass is 10.0. The van der Waals surface area contributed by atoms with Crippen LogP contribution in [0.25, 0.3) is 0 Å². The Bertz CT molecular complexity index is 105. The number of hydrogen-bond acceptors (Lipinski definition) is 1. The van der Waals surface area contributed by atoms with E-state index < -0.39 is 0 Å². The van der Waals surface area contributed by atoms with Crippen LogP contribution in [-0.4, -0.2) is 23.9 Å². The monoisotopic (exact) mass is 143 g/mol. The minimum absolute atomic E-state index is 0.211. The summed E-state index contributed by atoms with van der Waals surface area (Å²) < 4.78 is 0. The molecule has 1 fully saturated rings. The van der Waals surface area contributed by atoms with Crippen LogP contribution in [0.3, 0.4) is 0 Å². The summed E-state index contributed by atoms with van der Waals surface area (Å²) in [4.78, 5) is 1.85. The van der Waals surface area contributed by atoms with Crippen molar-refractivity contribution in [2.75, 3.05) is 13.1 Å². The van der Waals surface area contributed by atoms with Crippen molar-refractivity contribution in [2.24, 2.45) is 11.7 Å². The number of nitrogens with two attached hydrogens (primary N) is 1. The van der Waals surface area contributed by atoms with E-state index in [0.717, 1.165) is 19.0 Å². The van der Waals surface area contributed by atoms with Crippen molar-refractivity contribution < 1.29 is 0 Å². The number of hydrogen-bond donors (Lipinski definition) is 2. The molecule has 1 saturated heterocycles. The molecule has 3 nitrogen and oxygen atoms in total. The number of nitrogens with zero attached hydrogens (tertiary/aromatic N) is 1. The fourth-order valence-corrected chi connectivity index (χ4v) is 0.896. The second-order valence-electron chi connectivity index (χ2n) is 2.40. The third kappa shape index (κ3) is 2.25. The molecular formula is C7H17N3. The molecule has 0 amide bonds. The van der Waals surface area contributed by atoms with Gasteiger partial charge >= 0.3 is 0 Å². The van der Waals surface area contributed by atoms with Crippen LogP contribution >= 0.6 is 0 Å². The largest absolute Gasteiger partial charge is 0.370 e. The van der Waals surface area contributed by atoms with Crippen molar-refractivity contribution in [2.45, 2.75) is 20.8 Å². The van der Waals surface area contributed by atoms with E-state index in [-0.39, 0.29) is 5.96 Å². The Balaban J connectivity index is 0.000000371. The van der Waals surface area contributed by atoms with E-state index >= 15 is 0 Å². The predicted molar refractivity (Wildman–Crippen MR) is 44.0 cm³/mol. The first-order chi connectivity index (χ1) is 4.70. The summed E-state index contributed by atoms with van der Waals surface area (Å²) in [5, 5.41) is 6.95. The second kappa shape index (κ2) is 4.14. The maximum Gasteiger partial charge on any atom is 0.188 e. The highest BCUT2D eigenvalue weighted by atomic mass is 15.3. The Morgan fingerprint density at radius 3 is 2.00 bits per heavy atom. The summed E-state index contributed by atoms with van der Waals surface area (Å²) in [7, 11) is 0. The van der Waals surface area contributed by atoms with Crippen LogP contribution in [0.15, 0.2) is 0 Å². The summed E-state index contributed by atoms with van der Waals surface area (Å²) in [5.41, 5.74) is 5.17. The smallest absolute Gasteiger partial charge is 0.188 e. The second-order valence-corrected chi connectivity index (χ2v) is 2.40. The Morgan fingerprint density at radius 1 is 1.50 bits per heavy atom. The van der Waals surface area contributed by atoms with E-state index in [4.69, 9.17) is 11.1 Å². The molecule has 0 spiro atoms. The van der Waals surface area contributed by atoms with Crippen LogP contribution < -0.4 is 5.73 Å². The topological polar surface area (TPSA) is 53.1 Å². The first kappa shape index (κ1) is 9.27. The van der Waals surface area contributed by atoms with Gasteiger partial charge in [0.15, 0.2) is 5.96 Å². The first-order valence-corrected chi connectivity index (χ1v) is 3.79. The summed E-state index contributed by atoms with van der Waals surface area (Å²) in [6, 6.07) is 0. The third-order valence-electron chi connectivity index (χ3n) is 1.40. The van der Waals surface area contributed by atoms with Gasteiger partial charge in [0.25, 0.3) is 0 Å². The van der Waals surface area contributed by atoms with Crippen LogP contribution in [0.1, 0.15) is 20.8 Å². The van der Waals surface area contributed by atoms with Crippen LogP contribution in [0, 0.1) is 11.3 Å². The minimum Gasteiger partial charge on any atom is -0.370 e. The molecule has 0 bridgehead atoms. The fraction of sp³-hybridized carbons (Fsp3) is 0.857. The molecule has 3 heteroatoms. The summed E-state index contributed by atoms with van der Waals surface area (Å²) in [5.74, 6) is 0.946. The molecular weight excluding hydrogens is 126 g/mol. The standard InChI is InChI=1S/C5H11N3.C2H6/c1-4-2-8(3-4)5(6)7;1-2/h4H,2-3H2,1H3,(H3,6,7);1-2H3. The Kier molecular flexibility index (Phi) is 3.84. The van der Waals surface area contributed by atoms with Gasteiger partial charge in [-0.1, -0.05) is 20.8 Å². The molecule has 0 aromatic rings. The number of rotatable bonds is 0. The quantitative estimate of drug-likeness (QED) is 0.390. The van der Waals surface area contributed by atoms with E-state index in [1.807, 2.05) is 18.7 Å². The van der Waals surface area contributed by atoms with Gasteiger partial charge in [0.05, 0.1) is 0 Å². The molecule has 0 aromatic carbocycles. The van der Waals surface area contributed by atoms with Crippen molar-refractivity contribution in [3.63, 3.8) is 0 Å². The molecule has 0 aliphatic carbocycles. The molecule has 3 N–H and O–H groups in total. The molecule has 1 aliphatic rings. The van der Waals surface area contributed by atoms with E-state index in [2.05, 4.69) is 6.92 Å². The van der Waals surface area contributed by atoms with Gasteiger partial charge < -0.3 is 10.6 Å². The predicted octanol–water partition coefficient (Wildman–Crippen LogP) is 0.858. The SMILES string of the molecule is CC.CC1CN(C(=N)N)C1. The summed E-state index contributed by atoms with van der Waals surface area (Å²) in [6.45, 7) is 8.09. The van der Waals surface area contributed by atoms with E-state index in [1.54, 1.807) is 0 Å². The normalized spacial score (nSPS) is 16.9. The molecule has 0 radical (unpaired) electrons. The first-order valence-electron chi connectivity index (χ1n) is 3.79. The number of likely N-dealkylation sites (tertiary alicyclic amines) is 1. The van der Waals surface area contributed by atoms with Crippen molar-refractivity contribution in [3.05, 3.63) is 0 Å². The van der Waals surface area contributed by atoms with Crippen molar-refractivity contribution >= 4 is 5.96 Å². The van der Waals surface area contributed by atoms with Crippen molar-refractivity contribution in [1.82, 2.24) is 4.90 Å². The lowest BCUT2D eigenvalue weighted by Gasteiger charge is -2.37. The van der Waals surface area contributed by atoms with Gasteiger partial charge in [-0.05, 0) is 5.92 Å². The average Bonchev–Trinajstić information content (AvgIpc) is 1.86. The van der Waals surface area contributed by atoms with E-state index in [0.29, 0.717) is 0 Å². The zero-order chi connectivity index (χ0) is 8.15. The maximum atomic E-state index is 6.95. The highest BCUT2D eigenvalue weighted by Crippen LogP contribution is 2.11. The van der Waals surface area contributed by atoms with Crippen LogP contribution in [0.2, 0.25) is 0 Å². The molecule has 0 atom stereocenters. The van der Waals surface area contributed by atoms with Crippen LogP contribution in [-0.2, 0) is 0 Å². The van der Waals surface area contributed by atoms with Gasteiger partial charge in [-0.2, -0.15) is 0 Å². The molecule has 10 heavy (non-hydrogen) atoms. The fourth-order valence-electron chi connectivity index (χ4n) is 0.896. The zero-order valence-electron chi connectivity index (χ0n) is 7.02. The molecule has 1 rings (SSSR count). The molecule has 1 aliphatic heterocycles. The third-order valence-corrected chi connectivity index (χ3v) is 1.40. The molecule has 0 saturated carbocycles. The van der Waals surface area contributed by atoms with Crippen LogP contribution in [0.4, 0.5) is 0 Å². The Labute approximate surface area is 62.7 Å². The summed E-state index contributed by atoms with van der Waals surface area (Å²) in [6.07, 6.45) is 0. The number of guanidine groups is 1. The summed E-state index contributed by atoms with van der Waals surface area (Å²) >= 11 is 0. The van der Waals surface area contributed by atoms with E-state index in [1.165, 1.54) is 0 Å². The molecule has 0 unspecified atom stereocenters. The Morgan fingerprint density at radius 2 is 1.90 bits per heavy atom. The van der Waals surface area contributed by atoms with Gasteiger partial charge in [0.2, 0.25) is 0 Å². The van der Waals surface area contributed by atoms with Gasteiger partial charge in [0.1, 0.15) is 0 Å². The van der Waals surface area contributed by atoms with Gasteiger partial charge in [-0.3, -0.25) is 5.41 Å². The highest BCUT2D eigenvalue weighted by Gasteiger charge is 2.22. The van der Waals surface area contributed by atoms with E-state index in [9.17, 15) is 0 Å². The van der Waals surface area contributed by atoms with Gasteiger partial charge in [-0.25, -0.2) is 0 Å². The average molecular weight is 143 g/mol. The lowest BCUT2D eigenvalue weighted by Crippen LogP contribution is -2.51. The maximum absolute atomic E-state index is 6.95. The van der Waals surface area contributed by atoms with Crippen LogP contribution in [0.5, 0.6) is 0 Å². The van der Waals surface area contributed by atoms with Crippen molar-refractivity contribution in [3.8, 4) is 0 Å². The zero-order valence-corrected chi connectivity index (χ0v) is 7.02. The van der Waals surface area contributed by atoms with Gasteiger partial charge in [-0.15, -0.1) is 0 Å². The molecule has 0 aromatic heterocycles. The Hall–Kier alpha value is -0.730. The molecule has 60 valence electrons. The van der Waals surface area contributed by atoms with Gasteiger partial charge in [0, 0.05) is 13.1 Å². The van der Waals surface area contributed by atoms with Crippen molar-refractivity contribution in [1.29, 1.82) is 5.41 Å². The highest BCUT2D eigenvalue weighted by molar-refractivity contribution is 5.75. The minimum atomic E-state index is 0.211. The number of nitrogens with one attached hydrogen (secondary N) is 1. The lowest BCUT2D eigenvalue weighted by molar-refractivity contribution is 0.202.